The van der Waals surface area contributed by atoms with Gasteiger partial charge in [0.2, 0.25) is 5.91 Å². The number of carbonyl (C=O) groups excluding carboxylic acids is 2. The molecular formula is C20H26ClN3O2S. The first-order chi connectivity index (χ1) is 12.5. The fourth-order valence-corrected chi connectivity index (χ4v) is 3.99. The molecule has 1 unspecified atom stereocenters. The number of carbonyl (C=O) groups is 2. The summed E-state index contributed by atoms with van der Waals surface area (Å²) in [5, 5.41) is 3.08. The maximum Gasteiger partial charge on any atom is 0.261 e. The van der Waals surface area contributed by atoms with Gasteiger partial charge in [-0.1, -0.05) is 30.3 Å². The Bertz CT molecular complexity index is 758. The van der Waals surface area contributed by atoms with Gasteiger partial charge in [0.25, 0.3) is 5.91 Å². The number of piperidine rings is 1. The standard InChI is InChI=1S/C20H25N3O2S.ClH/c1-14-7-8-18(26-14)20(25)22-16-9-11-23(12-10-16)19(24)13-17(21)15-5-3-2-4-6-15;/h2-8,16-17H,9-13,21H2,1H3,(H,22,25);1H. The zero-order chi connectivity index (χ0) is 18.5. The van der Waals surface area contributed by atoms with E-state index in [9.17, 15) is 9.59 Å². The van der Waals surface area contributed by atoms with Crippen LogP contribution in [0.25, 0.3) is 0 Å². The van der Waals surface area contributed by atoms with Crippen molar-refractivity contribution < 1.29 is 9.59 Å². The van der Waals surface area contributed by atoms with Crippen molar-refractivity contribution in [3.63, 3.8) is 0 Å². The summed E-state index contributed by atoms with van der Waals surface area (Å²) in [4.78, 5) is 28.5. The smallest absolute Gasteiger partial charge is 0.261 e. The van der Waals surface area contributed by atoms with Crippen LogP contribution in [0.1, 0.15) is 45.4 Å². The number of nitrogens with two attached hydrogens (primary N) is 1. The third-order valence-corrected chi connectivity index (χ3v) is 5.77. The largest absolute Gasteiger partial charge is 0.348 e. The molecule has 3 N–H and O–H groups in total. The Morgan fingerprint density at radius 2 is 1.85 bits per heavy atom. The van der Waals surface area contributed by atoms with Crippen molar-refractivity contribution in [2.45, 2.75) is 38.3 Å². The van der Waals surface area contributed by atoms with Crippen LogP contribution in [0, 0.1) is 6.92 Å². The van der Waals surface area contributed by atoms with Crippen LogP contribution in [0.15, 0.2) is 42.5 Å². The molecule has 1 aromatic carbocycles. The van der Waals surface area contributed by atoms with Gasteiger partial charge in [0.1, 0.15) is 0 Å². The molecule has 146 valence electrons. The normalized spacial score (nSPS) is 15.7. The van der Waals surface area contributed by atoms with Gasteiger partial charge in [-0.2, -0.15) is 0 Å². The summed E-state index contributed by atoms with van der Waals surface area (Å²) in [5.74, 6) is 0.0685. The molecule has 1 aliphatic rings. The number of hydrogen-bond donors (Lipinski definition) is 2. The van der Waals surface area contributed by atoms with Crippen LogP contribution in [0.3, 0.4) is 0 Å². The van der Waals surface area contributed by atoms with E-state index in [0.717, 1.165) is 28.2 Å². The van der Waals surface area contributed by atoms with E-state index >= 15 is 0 Å². The second kappa shape index (κ2) is 9.88. The zero-order valence-electron chi connectivity index (χ0n) is 15.4. The molecule has 1 aromatic heterocycles. The fourth-order valence-electron chi connectivity index (χ4n) is 3.22. The Morgan fingerprint density at radius 1 is 1.19 bits per heavy atom. The highest BCUT2D eigenvalue weighted by atomic mass is 35.5. The fraction of sp³-hybridized carbons (Fsp3) is 0.400. The van der Waals surface area contributed by atoms with E-state index in [4.69, 9.17) is 5.73 Å². The summed E-state index contributed by atoms with van der Waals surface area (Å²) in [7, 11) is 0. The number of halogens is 1. The lowest BCUT2D eigenvalue weighted by atomic mass is 10.0. The number of benzene rings is 1. The molecule has 0 radical (unpaired) electrons. The number of thiophene rings is 1. The predicted molar refractivity (Wildman–Crippen MR) is 111 cm³/mol. The third-order valence-electron chi connectivity index (χ3n) is 4.77. The molecule has 5 nitrogen and oxygen atoms in total. The van der Waals surface area contributed by atoms with Gasteiger partial charge in [0.05, 0.1) is 4.88 Å². The SMILES string of the molecule is Cc1ccc(C(=O)NC2CCN(C(=O)CC(N)c3ccccc3)CC2)s1.Cl. The highest BCUT2D eigenvalue weighted by molar-refractivity contribution is 7.13. The van der Waals surface area contributed by atoms with Crippen molar-refractivity contribution >= 4 is 35.6 Å². The lowest BCUT2D eigenvalue weighted by Crippen LogP contribution is -2.46. The number of nitrogens with zero attached hydrogens (tertiary/aromatic N) is 1. The highest BCUT2D eigenvalue weighted by Gasteiger charge is 2.25. The van der Waals surface area contributed by atoms with Gasteiger partial charge < -0.3 is 16.0 Å². The Balaban J connectivity index is 0.00000261. The Morgan fingerprint density at radius 3 is 2.44 bits per heavy atom. The molecular weight excluding hydrogens is 382 g/mol. The molecule has 0 aliphatic carbocycles. The Kier molecular flexibility index (Phi) is 7.83. The second-order valence-corrected chi connectivity index (χ2v) is 8.05. The predicted octanol–water partition coefficient (Wildman–Crippen LogP) is 3.29. The first-order valence-electron chi connectivity index (χ1n) is 8.98. The minimum Gasteiger partial charge on any atom is -0.348 e. The molecule has 7 heteroatoms. The van der Waals surface area contributed by atoms with Crippen molar-refractivity contribution in [2.24, 2.45) is 5.73 Å². The van der Waals surface area contributed by atoms with Crippen LogP contribution in [-0.2, 0) is 4.79 Å². The summed E-state index contributed by atoms with van der Waals surface area (Å²) in [6.45, 7) is 3.31. The number of likely N-dealkylation sites (tertiary alicyclic amines) is 1. The molecule has 1 fully saturated rings. The minimum atomic E-state index is -0.275. The molecule has 1 aliphatic heterocycles. The summed E-state index contributed by atoms with van der Waals surface area (Å²) in [6.07, 6.45) is 1.88. The van der Waals surface area contributed by atoms with E-state index in [2.05, 4.69) is 5.32 Å². The van der Waals surface area contributed by atoms with Gasteiger partial charge in [-0.25, -0.2) is 0 Å². The summed E-state index contributed by atoms with van der Waals surface area (Å²) in [5.41, 5.74) is 7.14. The lowest BCUT2D eigenvalue weighted by Gasteiger charge is -2.33. The molecule has 2 aromatic rings. The maximum atomic E-state index is 12.5. The van der Waals surface area contributed by atoms with Gasteiger partial charge in [-0.15, -0.1) is 23.7 Å². The van der Waals surface area contributed by atoms with Gasteiger partial charge in [0, 0.05) is 36.5 Å². The van der Waals surface area contributed by atoms with Gasteiger partial charge in [-0.05, 0) is 37.5 Å². The topological polar surface area (TPSA) is 75.4 Å². The minimum absolute atomic E-state index is 0. The Hall–Kier alpha value is -1.89. The molecule has 0 saturated carbocycles. The van der Waals surface area contributed by atoms with E-state index in [1.165, 1.54) is 11.3 Å². The van der Waals surface area contributed by atoms with Crippen molar-refractivity contribution in [2.75, 3.05) is 13.1 Å². The van der Waals surface area contributed by atoms with Crippen molar-refractivity contribution in [1.29, 1.82) is 0 Å². The molecule has 2 heterocycles. The van der Waals surface area contributed by atoms with Crippen LogP contribution in [0.4, 0.5) is 0 Å². The highest BCUT2D eigenvalue weighted by Crippen LogP contribution is 2.19. The molecule has 1 atom stereocenters. The number of nitrogens with one attached hydrogen (secondary N) is 1. The van der Waals surface area contributed by atoms with E-state index in [1.54, 1.807) is 0 Å². The monoisotopic (exact) mass is 407 g/mol. The number of hydrogen-bond acceptors (Lipinski definition) is 4. The van der Waals surface area contributed by atoms with Crippen LogP contribution in [0.5, 0.6) is 0 Å². The van der Waals surface area contributed by atoms with Crippen LogP contribution < -0.4 is 11.1 Å². The molecule has 3 rings (SSSR count). The average Bonchev–Trinajstić information content (AvgIpc) is 3.09. The number of rotatable bonds is 5. The maximum absolute atomic E-state index is 12.5. The zero-order valence-corrected chi connectivity index (χ0v) is 17.0. The van der Waals surface area contributed by atoms with E-state index < -0.39 is 0 Å². The first kappa shape index (κ1) is 21.4. The molecule has 2 amide bonds. The molecule has 27 heavy (non-hydrogen) atoms. The summed E-state index contributed by atoms with van der Waals surface area (Å²) < 4.78 is 0. The number of amides is 2. The summed E-state index contributed by atoms with van der Waals surface area (Å²) in [6, 6.07) is 13.4. The molecule has 0 bridgehead atoms. The van der Waals surface area contributed by atoms with Gasteiger partial charge >= 0.3 is 0 Å². The number of aryl methyl sites for hydroxylation is 1. The van der Waals surface area contributed by atoms with Gasteiger partial charge in [0.15, 0.2) is 0 Å². The average molecular weight is 408 g/mol. The van der Waals surface area contributed by atoms with Gasteiger partial charge in [-0.3, -0.25) is 9.59 Å². The van der Waals surface area contributed by atoms with E-state index in [0.29, 0.717) is 19.5 Å². The lowest BCUT2D eigenvalue weighted by molar-refractivity contribution is -0.132. The van der Waals surface area contributed by atoms with Crippen molar-refractivity contribution in [3.05, 3.63) is 57.8 Å². The molecule has 1 saturated heterocycles. The molecule has 0 spiro atoms. The first-order valence-corrected chi connectivity index (χ1v) is 9.80. The van der Waals surface area contributed by atoms with E-state index in [-0.39, 0.29) is 36.3 Å². The van der Waals surface area contributed by atoms with Crippen molar-refractivity contribution in [3.8, 4) is 0 Å². The van der Waals surface area contributed by atoms with Crippen LogP contribution in [-0.4, -0.2) is 35.8 Å². The van der Waals surface area contributed by atoms with Crippen molar-refractivity contribution in [1.82, 2.24) is 10.2 Å². The van der Waals surface area contributed by atoms with Crippen LogP contribution >= 0.6 is 23.7 Å². The third kappa shape index (κ3) is 5.79. The quantitative estimate of drug-likeness (QED) is 0.798. The van der Waals surface area contributed by atoms with Crippen LogP contribution in [0.2, 0.25) is 0 Å². The summed E-state index contributed by atoms with van der Waals surface area (Å²) >= 11 is 1.50. The second-order valence-electron chi connectivity index (χ2n) is 6.76. The Labute approximate surface area is 170 Å². The van der Waals surface area contributed by atoms with E-state index in [1.807, 2.05) is 54.3 Å².